The summed E-state index contributed by atoms with van der Waals surface area (Å²) in [5.41, 5.74) is 12.5. The van der Waals surface area contributed by atoms with E-state index in [9.17, 15) is 0 Å². The fourth-order valence-corrected chi connectivity index (χ4v) is 9.15. The Hall–Kier alpha value is -6.90. The third-order valence-electron chi connectivity index (χ3n) is 11.8. The molecule has 0 heterocycles. The summed E-state index contributed by atoms with van der Waals surface area (Å²) >= 11 is 0. The molecular weight excluding hydrogens is 691 g/mol. The third kappa shape index (κ3) is 6.34. The average molecular weight is 734 g/mol. The summed E-state index contributed by atoms with van der Waals surface area (Å²) in [5, 5.41) is 7.78. The van der Waals surface area contributed by atoms with Gasteiger partial charge < -0.3 is 9.64 Å². The van der Waals surface area contributed by atoms with E-state index in [4.69, 9.17) is 4.74 Å². The van der Waals surface area contributed by atoms with Crippen LogP contribution in [0, 0.1) is 5.92 Å². The lowest BCUT2D eigenvalue weighted by Crippen LogP contribution is -2.38. The van der Waals surface area contributed by atoms with Crippen molar-refractivity contribution in [1.82, 2.24) is 0 Å². The molecule has 0 saturated carbocycles. The molecule has 57 heavy (non-hydrogen) atoms. The highest BCUT2D eigenvalue weighted by Crippen LogP contribution is 2.42. The minimum absolute atomic E-state index is 0.217. The predicted octanol–water partition coefficient (Wildman–Crippen LogP) is 12.8. The van der Waals surface area contributed by atoms with Crippen LogP contribution in [0.5, 0.6) is 5.75 Å². The van der Waals surface area contributed by atoms with Gasteiger partial charge in [0.05, 0.1) is 7.11 Å². The fraction of sp³-hybridized carbons (Fsp3) is 0.0909. The molecule has 0 bridgehead atoms. The Bertz CT molecular complexity index is 2930. The first-order valence-corrected chi connectivity index (χ1v) is 20.0. The van der Waals surface area contributed by atoms with Gasteiger partial charge in [0.15, 0.2) is 0 Å². The largest absolute Gasteiger partial charge is 0.497 e. The van der Waals surface area contributed by atoms with Crippen molar-refractivity contribution in [3.63, 3.8) is 0 Å². The number of allylic oxidation sites excluding steroid dienone is 4. The number of benzene rings is 8. The topological polar surface area (TPSA) is 12.5 Å². The van der Waals surface area contributed by atoms with Crippen molar-refractivity contribution in [2.24, 2.45) is 5.92 Å². The Labute approximate surface area is 334 Å². The van der Waals surface area contributed by atoms with Crippen molar-refractivity contribution < 1.29 is 4.74 Å². The normalized spacial score (nSPS) is 15.0. The van der Waals surface area contributed by atoms with Crippen molar-refractivity contribution in [1.29, 1.82) is 0 Å². The maximum absolute atomic E-state index is 5.59. The maximum Gasteiger partial charge on any atom is 0.119 e. The molecule has 1 atom stereocenters. The SMILES string of the molecule is COc1ccc(N(c2ccc(-c3ccccc3)cc2)c2ccc3c4c(c5ccccc5c3c2)=C(c2ccccc2)CC(C2=CCCC=C2)C=4c2ccccc2)cc1. The molecule has 2 aliphatic rings. The zero-order valence-corrected chi connectivity index (χ0v) is 32.1. The lowest BCUT2D eigenvalue weighted by molar-refractivity contribution is 0.415. The number of methoxy groups -OCH3 is 1. The highest BCUT2D eigenvalue weighted by atomic mass is 16.5. The van der Waals surface area contributed by atoms with Crippen molar-refractivity contribution in [2.45, 2.75) is 19.3 Å². The van der Waals surface area contributed by atoms with Crippen LogP contribution in [0.25, 0.3) is 43.8 Å². The van der Waals surface area contributed by atoms with Crippen LogP contribution in [0.4, 0.5) is 17.1 Å². The standard InChI is InChI=1S/C55H43NO/c1-57-46-33-30-44(31-34-46)56(43-28-26-39(27-29-43)38-16-6-2-7-17-38)45-32-35-49-52(36-45)47-24-14-15-25-48(47)54-51(41-20-10-4-11-21-41)37-50(40-18-8-3-9-19-40)53(55(49)54)42-22-12-5-13-23-42/h2,4-8,10-36,50H,3,9,37H2,1H3. The molecule has 0 saturated heterocycles. The summed E-state index contributed by atoms with van der Waals surface area (Å²) in [7, 11) is 1.72. The summed E-state index contributed by atoms with van der Waals surface area (Å²) in [6.45, 7) is 0. The fourth-order valence-electron chi connectivity index (χ4n) is 9.15. The number of anilines is 3. The van der Waals surface area contributed by atoms with Crippen molar-refractivity contribution in [3.05, 3.63) is 227 Å². The van der Waals surface area contributed by atoms with Crippen LogP contribution in [-0.4, -0.2) is 7.11 Å². The molecule has 8 aromatic carbocycles. The first-order valence-electron chi connectivity index (χ1n) is 20.0. The quantitative estimate of drug-likeness (QED) is 0.144. The Balaban J connectivity index is 1.29. The van der Waals surface area contributed by atoms with Gasteiger partial charge >= 0.3 is 0 Å². The number of hydrogen-bond donors (Lipinski definition) is 0. The zero-order chi connectivity index (χ0) is 38.1. The number of rotatable bonds is 8. The second kappa shape index (κ2) is 15.0. The van der Waals surface area contributed by atoms with Gasteiger partial charge in [-0.2, -0.15) is 0 Å². The molecule has 2 aliphatic carbocycles. The van der Waals surface area contributed by atoms with E-state index in [1.165, 1.54) is 71.0 Å². The molecule has 274 valence electrons. The Morgan fingerprint density at radius 2 is 1.04 bits per heavy atom. The van der Waals surface area contributed by atoms with Gasteiger partial charge in [-0.25, -0.2) is 0 Å². The van der Waals surface area contributed by atoms with E-state index in [0.717, 1.165) is 42.1 Å². The molecule has 2 heteroatoms. The maximum atomic E-state index is 5.59. The number of ether oxygens (including phenoxy) is 1. The smallest absolute Gasteiger partial charge is 0.119 e. The number of nitrogens with zero attached hydrogens (tertiary/aromatic N) is 1. The van der Waals surface area contributed by atoms with Crippen LogP contribution in [0.15, 0.2) is 206 Å². The first kappa shape index (κ1) is 34.6. The molecule has 0 N–H and O–H groups in total. The van der Waals surface area contributed by atoms with E-state index in [1.54, 1.807) is 7.11 Å². The summed E-state index contributed by atoms with van der Waals surface area (Å²) in [6.07, 6.45) is 10.3. The van der Waals surface area contributed by atoms with Crippen LogP contribution >= 0.6 is 0 Å². The second-order valence-corrected chi connectivity index (χ2v) is 15.0. The van der Waals surface area contributed by atoms with Crippen molar-refractivity contribution >= 4 is 49.8 Å². The summed E-state index contributed by atoms with van der Waals surface area (Å²) < 4.78 is 5.59. The minimum atomic E-state index is 0.217. The van der Waals surface area contributed by atoms with E-state index in [2.05, 4.69) is 193 Å². The molecule has 0 amide bonds. The van der Waals surface area contributed by atoms with Crippen molar-refractivity contribution in [3.8, 4) is 16.9 Å². The third-order valence-corrected chi connectivity index (χ3v) is 11.8. The van der Waals surface area contributed by atoms with Crippen LogP contribution in [0.2, 0.25) is 0 Å². The molecule has 2 nitrogen and oxygen atoms in total. The summed E-state index contributed by atoms with van der Waals surface area (Å²) in [6, 6.07) is 66.3. The highest BCUT2D eigenvalue weighted by Gasteiger charge is 2.29. The van der Waals surface area contributed by atoms with E-state index >= 15 is 0 Å². The van der Waals surface area contributed by atoms with E-state index in [-0.39, 0.29) is 5.92 Å². The van der Waals surface area contributed by atoms with Gasteiger partial charge in [-0.05, 0) is 139 Å². The Morgan fingerprint density at radius 1 is 0.474 bits per heavy atom. The first-order chi connectivity index (χ1) is 28.2. The van der Waals surface area contributed by atoms with Gasteiger partial charge in [0.1, 0.15) is 5.75 Å². The molecule has 8 aromatic rings. The molecule has 10 rings (SSSR count). The average Bonchev–Trinajstić information content (AvgIpc) is 3.30. The van der Waals surface area contributed by atoms with Gasteiger partial charge in [0.25, 0.3) is 0 Å². The van der Waals surface area contributed by atoms with Gasteiger partial charge in [-0.15, -0.1) is 0 Å². The zero-order valence-electron chi connectivity index (χ0n) is 32.1. The minimum Gasteiger partial charge on any atom is -0.497 e. The lowest BCUT2D eigenvalue weighted by atomic mass is 9.73. The van der Waals surface area contributed by atoms with E-state index < -0.39 is 0 Å². The molecule has 0 spiro atoms. The number of fused-ring (bicyclic) bond motifs is 6. The Kier molecular flexibility index (Phi) is 9.08. The van der Waals surface area contributed by atoms with E-state index in [1.807, 2.05) is 12.1 Å². The molecular formula is C55H43NO. The highest BCUT2D eigenvalue weighted by molar-refractivity contribution is 6.11. The van der Waals surface area contributed by atoms with Crippen molar-refractivity contribution in [2.75, 3.05) is 12.0 Å². The molecule has 1 unspecified atom stereocenters. The van der Waals surface area contributed by atoms with Crippen LogP contribution in [-0.2, 0) is 0 Å². The second-order valence-electron chi connectivity index (χ2n) is 15.0. The molecule has 0 aliphatic heterocycles. The van der Waals surface area contributed by atoms with Gasteiger partial charge in [0.2, 0.25) is 0 Å². The lowest BCUT2D eigenvalue weighted by Gasteiger charge is -2.31. The van der Waals surface area contributed by atoms with Crippen LogP contribution in [0.1, 0.15) is 30.4 Å². The van der Waals surface area contributed by atoms with Gasteiger partial charge in [-0.1, -0.05) is 152 Å². The Morgan fingerprint density at radius 3 is 1.68 bits per heavy atom. The molecule has 0 fully saturated rings. The van der Waals surface area contributed by atoms with E-state index in [0.29, 0.717) is 0 Å². The summed E-state index contributed by atoms with van der Waals surface area (Å²) in [4.78, 5) is 2.37. The van der Waals surface area contributed by atoms with Gasteiger partial charge in [0, 0.05) is 23.0 Å². The van der Waals surface area contributed by atoms with Crippen LogP contribution < -0.4 is 20.1 Å². The molecule has 0 radical (unpaired) electrons. The van der Waals surface area contributed by atoms with Crippen LogP contribution in [0.3, 0.4) is 0 Å². The van der Waals surface area contributed by atoms with Gasteiger partial charge in [-0.3, -0.25) is 0 Å². The molecule has 0 aromatic heterocycles. The monoisotopic (exact) mass is 733 g/mol. The summed E-state index contributed by atoms with van der Waals surface area (Å²) in [5.74, 6) is 1.05. The predicted molar refractivity (Wildman–Crippen MR) is 240 cm³/mol. The number of hydrogen-bond acceptors (Lipinski definition) is 2.